The molecule has 216 valence electrons. The van der Waals surface area contributed by atoms with Crippen LogP contribution < -0.4 is 0 Å². The van der Waals surface area contributed by atoms with Gasteiger partial charge in [0, 0.05) is 22.5 Å². The summed E-state index contributed by atoms with van der Waals surface area (Å²) in [7, 11) is 0. The Morgan fingerprint density at radius 2 is 1.16 bits per heavy atom. The fraction of sp³-hybridized carbons (Fsp3) is 0.189. The summed E-state index contributed by atoms with van der Waals surface area (Å²) in [6.45, 7) is 8.39. The molecule has 1 N–H and O–H groups in total. The highest BCUT2D eigenvalue weighted by atomic mass is 16.6. The molecule has 6 heteroatoms. The minimum atomic E-state index is -0.566. The van der Waals surface area contributed by atoms with Gasteiger partial charge >= 0.3 is 0 Å². The van der Waals surface area contributed by atoms with Crippen molar-refractivity contribution >= 4 is 17.1 Å². The predicted octanol–water partition coefficient (Wildman–Crippen LogP) is 9.96. The van der Waals surface area contributed by atoms with Crippen molar-refractivity contribution in [3.63, 3.8) is 0 Å². The van der Waals surface area contributed by atoms with Gasteiger partial charge in [0.1, 0.15) is 11.4 Å². The Labute approximate surface area is 252 Å². The van der Waals surface area contributed by atoms with Crippen LogP contribution in [0.5, 0.6) is 5.75 Å². The minimum Gasteiger partial charge on any atom is -0.505 e. The highest BCUT2D eigenvalue weighted by molar-refractivity contribution is 5.64. The SMILES string of the molecule is CC(C)(c1ccccc1)c1cc(/N=N/c2ccc(Cc3ccccc3)cc2[N+](=O)[O-])c(O)c(C(C)(C)c2ccccc2)c1. The predicted molar refractivity (Wildman–Crippen MR) is 172 cm³/mol. The average molecular weight is 570 g/mol. The zero-order valence-corrected chi connectivity index (χ0v) is 24.9. The van der Waals surface area contributed by atoms with E-state index in [9.17, 15) is 15.2 Å². The van der Waals surface area contributed by atoms with Crippen molar-refractivity contribution in [1.82, 2.24) is 0 Å². The summed E-state index contributed by atoms with van der Waals surface area (Å²) in [6, 6.07) is 38.8. The largest absolute Gasteiger partial charge is 0.505 e. The fourth-order valence-corrected chi connectivity index (χ4v) is 5.41. The number of nitro groups is 1. The summed E-state index contributed by atoms with van der Waals surface area (Å²) < 4.78 is 0. The van der Waals surface area contributed by atoms with Crippen molar-refractivity contribution < 1.29 is 10.0 Å². The number of phenolic OH excluding ortho intramolecular Hbond substituents is 1. The van der Waals surface area contributed by atoms with Crippen molar-refractivity contribution in [3.8, 4) is 5.75 Å². The van der Waals surface area contributed by atoms with Gasteiger partial charge in [0.05, 0.1) is 4.92 Å². The van der Waals surface area contributed by atoms with Gasteiger partial charge in [0.2, 0.25) is 0 Å². The smallest absolute Gasteiger partial charge is 0.297 e. The summed E-state index contributed by atoms with van der Waals surface area (Å²) in [5.41, 5.74) is 4.89. The van der Waals surface area contributed by atoms with Gasteiger partial charge in [-0.25, -0.2) is 0 Å². The molecule has 0 radical (unpaired) electrons. The maximum atomic E-state index is 12.0. The van der Waals surface area contributed by atoms with E-state index in [0.29, 0.717) is 12.0 Å². The molecule has 0 saturated carbocycles. The minimum absolute atomic E-state index is 0.00596. The van der Waals surface area contributed by atoms with Gasteiger partial charge in [-0.1, -0.05) is 131 Å². The third-order valence-electron chi connectivity index (χ3n) is 8.23. The zero-order valence-electron chi connectivity index (χ0n) is 24.9. The van der Waals surface area contributed by atoms with E-state index in [4.69, 9.17) is 0 Å². The molecule has 5 rings (SSSR count). The Kier molecular flexibility index (Phi) is 8.22. The lowest BCUT2D eigenvalue weighted by atomic mass is 9.72. The second kappa shape index (κ2) is 12.0. The van der Waals surface area contributed by atoms with Gasteiger partial charge in [-0.05, 0) is 46.4 Å². The van der Waals surface area contributed by atoms with Crippen molar-refractivity contribution in [1.29, 1.82) is 0 Å². The van der Waals surface area contributed by atoms with Crippen LogP contribution in [0, 0.1) is 10.1 Å². The molecule has 0 amide bonds. The van der Waals surface area contributed by atoms with Crippen LogP contribution in [-0.4, -0.2) is 10.0 Å². The normalized spacial score (nSPS) is 12.0. The first kappa shape index (κ1) is 29.4. The van der Waals surface area contributed by atoms with Crippen LogP contribution >= 0.6 is 0 Å². The molecule has 0 spiro atoms. The number of nitrogens with zero attached hydrogens (tertiary/aromatic N) is 3. The summed E-state index contributed by atoms with van der Waals surface area (Å²) >= 11 is 0. The number of hydrogen-bond acceptors (Lipinski definition) is 5. The Hall–Kier alpha value is -5.10. The maximum Gasteiger partial charge on any atom is 0.297 e. The van der Waals surface area contributed by atoms with E-state index in [1.54, 1.807) is 12.1 Å². The van der Waals surface area contributed by atoms with Crippen LogP contribution in [0.15, 0.2) is 132 Å². The van der Waals surface area contributed by atoms with Crippen molar-refractivity contribution in [2.24, 2.45) is 10.2 Å². The molecule has 0 heterocycles. The Balaban J connectivity index is 1.61. The number of azo groups is 1. The van der Waals surface area contributed by atoms with Gasteiger partial charge in [-0.2, -0.15) is 0 Å². The third-order valence-corrected chi connectivity index (χ3v) is 8.23. The van der Waals surface area contributed by atoms with Crippen molar-refractivity contribution in [2.45, 2.75) is 44.9 Å². The average Bonchev–Trinajstić information content (AvgIpc) is 3.02. The van der Waals surface area contributed by atoms with Crippen LogP contribution in [0.3, 0.4) is 0 Å². The molecule has 0 saturated heterocycles. The second-order valence-corrected chi connectivity index (χ2v) is 11.8. The summed E-state index contributed by atoms with van der Waals surface area (Å²) in [4.78, 5) is 11.6. The summed E-state index contributed by atoms with van der Waals surface area (Å²) in [5, 5.41) is 32.4. The van der Waals surface area contributed by atoms with E-state index in [0.717, 1.165) is 27.8 Å². The molecule has 43 heavy (non-hydrogen) atoms. The molecule has 0 aliphatic rings. The number of benzene rings is 5. The van der Waals surface area contributed by atoms with Crippen LogP contribution in [0.1, 0.15) is 61.1 Å². The molecule has 6 nitrogen and oxygen atoms in total. The third kappa shape index (κ3) is 6.24. The molecule has 5 aromatic rings. The van der Waals surface area contributed by atoms with Gasteiger partial charge in [0.25, 0.3) is 5.69 Å². The van der Waals surface area contributed by atoms with Crippen LogP contribution in [0.4, 0.5) is 17.1 Å². The fourth-order valence-electron chi connectivity index (χ4n) is 5.41. The van der Waals surface area contributed by atoms with Crippen LogP contribution in [-0.2, 0) is 17.3 Å². The Bertz CT molecular complexity index is 1760. The van der Waals surface area contributed by atoms with Crippen LogP contribution in [0.25, 0.3) is 0 Å². The standard InChI is InChI=1S/C37H35N3O3/c1-36(2,28-16-10-6-11-17-28)30-24-31(37(3,4)29-18-12-7-13-19-29)35(41)33(25-30)39-38-32-21-20-27(23-34(32)40(42)43)22-26-14-8-5-9-15-26/h5-21,23-25,41H,22H2,1-4H3/b39-38+. The summed E-state index contributed by atoms with van der Waals surface area (Å²) in [5.74, 6) is -0.00596. The Morgan fingerprint density at radius 3 is 1.74 bits per heavy atom. The summed E-state index contributed by atoms with van der Waals surface area (Å²) in [6.07, 6.45) is 0.564. The van der Waals surface area contributed by atoms with Gasteiger partial charge in [0.15, 0.2) is 5.69 Å². The molecular formula is C37H35N3O3. The monoisotopic (exact) mass is 569 g/mol. The van der Waals surface area contributed by atoms with Gasteiger partial charge in [-0.15, -0.1) is 10.2 Å². The number of hydrogen-bond donors (Lipinski definition) is 1. The number of rotatable bonds is 9. The molecule has 5 aromatic carbocycles. The Morgan fingerprint density at radius 1 is 0.628 bits per heavy atom. The molecule has 0 aromatic heterocycles. The molecule has 0 bridgehead atoms. The van der Waals surface area contributed by atoms with E-state index in [2.05, 4.69) is 50.1 Å². The molecule has 0 fully saturated rings. The first-order valence-electron chi connectivity index (χ1n) is 14.3. The van der Waals surface area contributed by atoms with Crippen molar-refractivity contribution in [3.05, 3.63) is 165 Å². The second-order valence-electron chi connectivity index (χ2n) is 11.8. The molecule has 0 aliphatic heterocycles. The zero-order chi connectivity index (χ0) is 30.6. The van der Waals surface area contributed by atoms with Gasteiger partial charge in [-0.3, -0.25) is 10.1 Å². The first-order chi connectivity index (χ1) is 20.6. The highest BCUT2D eigenvalue weighted by Crippen LogP contribution is 2.46. The molecule has 0 aliphatic carbocycles. The number of aromatic hydroxyl groups is 1. The first-order valence-corrected chi connectivity index (χ1v) is 14.3. The van der Waals surface area contributed by atoms with E-state index >= 15 is 0 Å². The van der Waals surface area contributed by atoms with Gasteiger partial charge < -0.3 is 5.11 Å². The van der Waals surface area contributed by atoms with E-state index in [1.165, 1.54) is 0 Å². The number of phenols is 1. The van der Waals surface area contributed by atoms with Crippen LogP contribution in [0.2, 0.25) is 0 Å². The molecule has 0 unspecified atom stereocenters. The topological polar surface area (TPSA) is 88.1 Å². The van der Waals surface area contributed by atoms with E-state index in [1.807, 2.05) is 97.1 Å². The number of nitro benzene ring substituents is 1. The lowest BCUT2D eigenvalue weighted by Gasteiger charge is -2.32. The van der Waals surface area contributed by atoms with E-state index < -0.39 is 15.8 Å². The molecular weight excluding hydrogens is 534 g/mol. The maximum absolute atomic E-state index is 12.0. The highest BCUT2D eigenvalue weighted by Gasteiger charge is 2.32. The van der Waals surface area contributed by atoms with Crippen molar-refractivity contribution in [2.75, 3.05) is 0 Å². The lowest BCUT2D eigenvalue weighted by Crippen LogP contribution is -2.23. The van der Waals surface area contributed by atoms with E-state index in [-0.39, 0.29) is 22.8 Å². The quantitative estimate of drug-likeness (QED) is 0.109. The molecule has 0 atom stereocenters. The lowest BCUT2D eigenvalue weighted by molar-refractivity contribution is -0.384.